The number of benzene rings is 2. The Morgan fingerprint density at radius 1 is 1.21 bits per heavy atom. The van der Waals surface area contributed by atoms with E-state index in [-0.39, 0.29) is 11.5 Å². The highest BCUT2D eigenvalue weighted by atomic mass is 16.5. The number of carbonyl (C=O) groups is 1. The molecule has 0 fully saturated rings. The zero-order chi connectivity index (χ0) is 17.3. The summed E-state index contributed by atoms with van der Waals surface area (Å²) in [4.78, 5) is 12.5. The van der Waals surface area contributed by atoms with Crippen molar-refractivity contribution >= 4 is 11.9 Å². The van der Waals surface area contributed by atoms with Crippen LogP contribution in [-0.4, -0.2) is 27.7 Å². The van der Waals surface area contributed by atoms with Gasteiger partial charge in [0, 0.05) is 12.0 Å². The molecule has 1 atom stereocenters. The molecule has 1 unspecified atom stereocenters. The summed E-state index contributed by atoms with van der Waals surface area (Å²) in [5.74, 6) is 0.247. The number of carbonyl (C=O) groups excluding carboxylic acids is 1. The third-order valence-corrected chi connectivity index (χ3v) is 4.17. The Hall–Kier alpha value is -2.59. The molecule has 1 aliphatic heterocycles. The van der Waals surface area contributed by atoms with Crippen LogP contribution >= 0.6 is 0 Å². The number of hydrogen-bond acceptors (Lipinski definition) is 4. The van der Waals surface area contributed by atoms with Crippen molar-refractivity contribution in [2.24, 2.45) is 0 Å². The number of ketones is 1. The number of fused-ring (bicyclic) bond motifs is 1. The molecule has 0 aliphatic carbocycles. The first-order valence-corrected chi connectivity index (χ1v) is 7.87. The van der Waals surface area contributed by atoms with Crippen LogP contribution in [0.2, 0.25) is 0 Å². The molecule has 4 heteroatoms. The van der Waals surface area contributed by atoms with Gasteiger partial charge in [-0.3, -0.25) is 4.79 Å². The highest BCUT2D eigenvalue weighted by molar-refractivity contribution is 6.09. The molecule has 0 spiro atoms. The van der Waals surface area contributed by atoms with E-state index >= 15 is 0 Å². The summed E-state index contributed by atoms with van der Waals surface area (Å²) < 4.78 is 5.79. The van der Waals surface area contributed by atoms with Crippen molar-refractivity contribution in [1.82, 2.24) is 0 Å². The van der Waals surface area contributed by atoms with Crippen LogP contribution in [0.5, 0.6) is 11.5 Å². The Bertz CT molecular complexity index is 785. The molecule has 2 N–H and O–H groups in total. The lowest BCUT2D eigenvalue weighted by molar-refractivity contribution is -0.0231. The molecule has 0 amide bonds. The van der Waals surface area contributed by atoms with E-state index < -0.39 is 11.7 Å². The van der Waals surface area contributed by atoms with Crippen molar-refractivity contribution in [2.75, 3.05) is 0 Å². The molecule has 0 aromatic heterocycles. The summed E-state index contributed by atoms with van der Waals surface area (Å²) >= 11 is 0. The average Bonchev–Trinajstić information content (AvgIpc) is 3.00. The van der Waals surface area contributed by atoms with Crippen LogP contribution in [-0.2, 0) is 6.42 Å². The first-order valence-electron chi connectivity index (χ1n) is 7.87. The monoisotopic (exact) mass is 324 g/mol. The molecule has 3 rings (SSSR count). The molecule has 0 saturated heterocycles. The molecule has 2 aromatic rings. The summed E-state index contributed by atoms with van der Waals surface area (Å²) in [5, 5.41) is 20.2. The SMILES string of the molecule is CC(C)(O)C1Cc2c(O)ccc(C(=O)C=Cc3ccccc3)c2O1. The van der Waals surface area contributed by atoms with Gasteiger partial charge in [0.25, 0.3) is 0 Å². The van der Waals surface area contributed by atoms with E-state index in [4.69, 9.17) is 4.74 Å². The number of allylic oxidation sites excluding steroid dienone is 1. The summed E-state index contributed by atoms with van der Waals surface area (Å²) in [6.07, 6.45) is 3.10. The third kappa shape index (κ3) is 3.19. The van der Waals surface area contributed by atoms with Crippen LogP contribution in [0.4, 0.5) is 0 Å². The molecule has 1 heterocycles. The third-order valence-electron chi connectivity index (χ3n) is 4.17. The molecule has 124 valence electrons. The van der Waals surface area contributed by atoms with E-state index in [1.54, 1.807) is 26.0 Å². The van der Waals surface area contributed by atoms with E-state index in [2.05, 4.69) is 0 Å². The second kappa shape index (κ2) is 6.13. The number of phenols is 1. The standard InChI is InChI=1S/C20H20O4/c1-20(2,23)18-12-15-17(22)11-9-14(19(15)24-18)16(21)10-8-13-6-4-3-5-7-13/h3-11,18,22-23H,12H2,1-2H3. The quantitative estimate of drug-likeness (QED) is 0.668. The van der Waals surface area contributed by atoms with Crippen LogP contribution in [0.1, 0.15) is 35.3 Å². The Morgan fingerprint density at radius 2 is 1.92 bits per heavy atom. The van der Waals surface area contributed by atoms with E-state index in [9.17, 15) is 15.0 Å². The zero-order valence-corrected chi connectivity index (χ0v) is 13.7. The van der Waals surface area contributed by atoms with E-state index in [0.717, 1.165) is 5.56 Å². The molecule has 0 radical (unpaired) electrons. The molecule has 0 saturated carbocycles. The van der Waals surface area contributed by atoms with Gasteiger partial charge in [-0.2, -0.15) is 0 Å². The van der Waals surface area contributed by atoms with Gasteiger partial charge in [-0.05, 0) is 37.6 Å². The predicted octanol–water partition coefficient (Wildman–Crippen LogP) is 3.36. The van der Waals surface area contributed by atoms with Gasteiger partial charge in [0.15, 0.2) is 5.78 Å². The minimum atomic E-state index is -1.06. The zero-order valence-electron chi connectivity index (χ0n) is 13.7. The summed E-state index contributed by atoms with van der Waals surface area (Å²) in [6.45, 7) is 3.30. The molecule has 24 heavy (non-hydrogen) atoms. The lowest BCUT2D eigenvalue weighted by atomic mass is 9.96. The fraction of sp³-hybridized carbons (Fsp3) is 0.250. The topological polar surface area (TPSA) is 66.8 Å². The number of aromatic hydroxyl groups is 1. The Balaban J connectivity index is 1.90. The normalized spacial score (nSPS) is 16.9. The van der Waals surface area contributed by atoms with Gasteiger partial charge >= 0.3 is 0 Å². The number of ether oxygens (including phenoxy) is 1. The lowest BCUT2D eigenvalue weighted by Crippen LogP contribution is -2.39. The number of aliphatic hydroxyl groups is 1. The lowest BCUT2D eigenvalue weighted by Gasteiger charge is -2.24. The number of hydrogen-bond donors (Lipinski definition) is 2. The summed E-state index contributed by atoms with van der Waals surface area (Å²) in [5.41, 5.74) is 0.824. The minimum absolute atomic E-state index is 0.0836. The average molecular weight is 324 g/mol. The second-order valence-electron chi connectivity index (χ2n) is 6.51. The van der Waals surface area contributed by atoms with Crippen molar-refractivity contribution in [3.05, 3.63) is 65.2 Å². The van der Waals surface area contributed by atoms with Crippen molar-refractivity contribution in [1.29, 1.82) is 0 Å². The number of phenolic OH excluding ortho intramolecular Hbond substituents is 1. The van der Waals surface area contributed by atoms with Crippen LogP contribution in [0.3, 0.4) is 0 Å². The van der Waals surface area contributed by atoms with Crippen LogP contribution in [0, 0.1) is 0 Å². The largest absolute Gasteiger partial charge is 0.508 e. The molecule has 2 aromatic carbocycles. The fourth-order valence-electron chi connectivity index (χ4n) is 2.73. The van der Waals surface area contributed by atoms with Gasteiger partial charge < -0.3 is 14.9 Å². The van der Waals surface area contributed by atoms with Crippen molar-refractivity contribution < 1.29 is 19.7 Å². The summed E-state index contributed by atoms with van der Waals surface area (Å²) in [7, 11) is 0. The summed E-state index contributed by atoms with van der Waals surface area (Å²) in [6, 6.07) is 12.6. The first kappa shape index (κ1) is 16.3. The van der Waals surface area contributed by atoms with E-state index in [1.807, 2.05) is 30.3 Å². The smallest absolute Gasteiger partial charge is 0.189 e. The Morgan fingerprint density at radius 3 is 2.58 bits per heavy atom. The van der Waals surface area contributed by atoms with Gasteiger partial charge in [0.2, 0.25) is 0 Å². The van der Waals surface area contributed by atoms with Gasteiger partial charge in [-0.25, -0.2) is 0 Å². The van der Waals surface area contributed by atoms with Crippen LogP contribution < -0.4 is 4.74 Å². The molecular weight excluding hydrogens is 304 g/mol. The van der Waals surface area contributed by atoms with E-state index in [0.29, 0.717) is 23.3 Å². The maximum absolute atomic E-state index is 12.5. The Kier molecular flexibility index (Phi) is 4.16. The van der Waals surface area contributed by atoms with Gasteiger partial charge in [0.05, 0.1) is 11.2 Å². The fourth-order valence-corrected chi connectivity index (χ4v) is 2.73. The highest BCUT2D eigenvalue weighted by Crippen LogP contribution is 2.41. The van der Waals surface area contributed by atoms with Crippen molar-refractivity contribution in [2.45, 2.75) is 32.0 Å². The molecular formula is C20H20O4. The van der Waals surface area contributed by atoms with Crippen LogP contribution in [0.15, 0.2) is 48.5 Å². The molecule has 1 aliphatic rings. The maximum atomic E-state index is 12.5. The van der Waals surface area contributed by atoms with E-state index in [1.165, 1.54) is 12.1 Å². The second-order valence-corrected chi connectivity index (χ2v) is 6.51. The number of rotatable bonds is 4. The minimum Gasteiger partial charge on any atom is -0.508 e. The van der Waals surface area contributed by atoms with Gasteiger partial charge in [0.1, 0.15) is 17.6 Å². The first-order chi connectivity index (χ1) is 11.4. The van der Waals surface area contributed by atoms with Gasteiger partial charge in [-0.1, -0.05) is 36.4 Å². The highest BCUT2D eigenvalue weighted by Gasteiger charge is 2.38. The Labute approximate surface area is 141 Å². The molecule has 0 bridgehead atoms. The molecule has 4 nitrogen and oxygen atoms in total. The maximum Gasteiger partial charge on any atom is 0.189 e. The van der Waals surface area contributed by atoms with Gasteiger partial charge in [-0.15, -0.1) is 0 Å². The van der Waals surface area contributed by atoms with Crippen LogP contribution in [0.25, 0.3) is 6.08 Å². The van der Waals surface area contributed by atoms with Crippen molar-refractivity contribution in [3.63, 3.8) is 0 Å². The van der Waals surface area contributed by atoms with Crippen molar-refractivity contribution in [3.8, 4) is 11.5 Å². The predicted molar refractivity (Wildman–Crippen MR) is 92.3 cm³/mol.